The molecule has 23 heavy (non-hydrogen) atoms. The van der Waals surface area contributed by atoms with Crippen molar-refractivity contribution in [2.24, 2.45) is 0 Å². The third kappa shape index (κ3) is 6.50. The third-order valence-corrected chi connectivity index (χ3v) is 3.33. The quantitative estimate of drug-likeness (QED) is 0.569. The highest BCUT2D eigenvalue weighted by Crippen LogP contribution is 2.12. The minimum absolute atomic E-state index is 0.213. The molecule has 2 N–H and O–H groups in total. The summed E-state index contributed by atoms with van der Waals surface area (Å²) in [4.78, 5) is 35.2. The van der Waals surface area contributed by atoms with Crippen LogP contribution in [0.15, 0.2) is 24.3 Å². The fourth-order valence-electron chi connectivity index (χ4n) is 2.17. The van der Waals surface area contributed by atoms with Crippen LogP contribution in [0.4, 0.5) is 5.69 Å². The van der Waals surface area contributed by atoms with Crippen molar-refractivity contribution in [3.05, 3.63) is 29.8 Å². The van der Waals surface area contributed by atoms with Crippen LogP contribution in [0.3, 0.4) is 0 Å². The Morgan fingerprint density at radius 2 is 1.96 bits per heavy atom. The molecule has 1 aromatic rings. The van der Waals surface area contributed by atoms with Gasteiger partial charge < -0.3 is 15.4 Å². The summed E-state index contributed by atoms with van der Waals surface area (Å²) in [5.41, 5.74) is 0.909. The van der Waals surface area contributed by atoms with E-state index in [9.17, 15) is 14.4 Å². The molecule has 0 aliphatic carbocycles. The first-order valence-electron chi connectivity index (χ1n) is 7.74. The minimum Gasteiger partial charge on any atom is -0.467 e. The number of carbonyl (C=O) groups is 3. The van der Waals surface area contributed by atoms with Gasteiger partial charge in [0.25, 0.3) is 5.91 Å². The number of hydrogen-bond acceptors (Lipinski definition) is 4. The van der Waals surface area contributed by atoms with Crippen molar-refractivity contribution < 1.29 is 19.1 Å². The van der Waals surface area contributed by atoms with Crippen molar-refractivity contribution in [1.29, 1.82) is 0 Å². The molecule has 2 amide bonds. The molecule has 0 heterocycles. The molecular formula is C17H24N2O4. The number of hydrogen-bond donors (Lipinski definition) is 2. The van der Waals surface area contributed by atoms with Crippen molar-refractivity contribution in [3.63, 3.8) is 0 Å². The summed E-state index contributed by atoms with van der Waals surface area (Å²) >= 11 is 0. The van der Waals surface area contributed by atoms with Crippen LogP contribution in [0.25, 0.3) is 0 Å². The fourth-order valence-corrected chi connectivity index (χ4v) is 2.17. The van der Waals surface area contributed by atoms with Crippen molar-refractivity contribution in [1.82, 2.24) is 5.32 Å². The maximum atomic E-state index is 12.3. The van der Waals surface area contributed by atoms with Crippen LogP contribution in [0, 0.1) is 0 Å². The summed E-state index contributed by atoms with van der Waals surface area (Å²) in [7, 11) is 1.30. The number of benzene rings is 1. The van der Waals surface area contributed by atoms with Crippen molar-refractivity contribution >= 4 is 23.5 Å². The molecule has 0 aliphatic heterocycles. The van der Waals surface area contributed by atoms with Gasteiger partial charge in [-0.1, -0.05) is 32.3 Å². The number of amides is 2. The molecule has 0 fully saturated rings. The highest BCUT2D eigenvalue weighted by Gasteiger charge is 2.21. The van der Waals surface area contributed by atoms with Gasteiger partial charge in [0.2, 0.25) is 5.91 Å². The number of esters is 1. The highest BCUT2D eigenvalue weighted by molar-refractivity contribution is 5.98. The van der Waals surface area contributed by atoms with E-state index < -0.39 is 12.0 Å². The minimum atomic E-state index is -0.663. The SMILES string of the molecule is CCCCC[C@H](NC(=O)c1cccc(NC(C)=O)c1)C(=O)OC. The van der Waals surface area contributed by atoms with E-state index in [0.29, 0.717) is 17.7 Å². The van der Waals surface area contributed by atoms with Crippen molar-refractivity contribution in [2.75, 3.05) is 12.4 Å². The number of ether oxygens (including phenoxy) is 1. The molecule has 126 valence electrons. The second kappa shape index (κ2) is 9.61. The van der Waals surface area contributed by atoms with Gasteiger partial charge in [-0.15, -0.1) is 0 Å². The molecule has 1 atom stereocenters. The Morgan fingerprint density at radius 3 is 2.57 bits per heavy atom. The average Bonchev–Trinajstić information content (AvgIpc) is 2.52. The summed E-state index contributed by atoms with van der Waals surface area (Å²) in [6, 6.07) is 5.89. The van der Waals surface area contributed by atoms with E-state index in [0.717, 1.165) is 19.3 Å². The van der Waals surface area contributed by atoms with Crippen LogP contribution in [-0.4, -0.2) is 30.9 Å². The van der Waals surface area contributed by atoms with E-state index in [1.165, 1.54) is 14.0 Å². The number of carbonyl (C=O) groups excluding carboxylic acids is 3. The molecule has 1 rings (SSSR count). The predicted molar refractivity (Wildman–Crippen MR) is 88.2 cm³/mol. The Balaban J connectivity index is 2.77. The molecule has 0 unspecified atom stereocenters. The molecule has 0 aliphatic rings. The van der Waals surface area contributed by atoms with Crippen molar-refractivity contribution in [2.45, 2.75) is 45.6 Å². The monoisotopic (exact) mass is 320 g/mol. The normalized spacial score (nSPS) is 11.4. The smallest absolute Gasteiger partial charge is 0.328 e. The van der Waals surface area contributed by atoms with E-state index in [4.69, 9.17) is 4.74 Å². The summed E-state index contributed by atoms with van der Waals surface area (Å²) < 4.78 is 4.75. The molecule has 0 bridgehead atoms. The third-order valence-electron chi connectivity index (χ3n) is 3.33. The Hall–Kier alpha value is -2.37. The number of anilines is 1. The first kappa shape index (κ1) is 18.7. The zero-order valence-corrected chi connectivity index (χ0v) is 13.8. The zero-order chi connectivity index (χ0) is 17.2. The average molecular weight is 320 g/mol. The van der Waals surface area contributed by atoms with Crippen LogP contribution in [-0.2, 0) is 14.3 Å². The number of unbranched alkanes of at least 4 members (excludes halogenated alkanes) is 2. The molecule has 1 aromatic carbocycles. The Morgan fingerprint density at radius 1 is 1.22 bits per heavy atom. The van der Waals surface area contributed by atoms with Crippen molar-refractivity contribution in [3.8, 4) is 0 Å². The molecule has 0 aromatic heterocycles. The Kier molecular flexibility index (Phi) is 7.80. The molecule has 0 radical (unpaired) electrons. The molecular weight excluding hydrogens is 296 g/mol. The standard InChI is InChI=1S/C17H24N2O4/c1-4-5-6-10-15(17(22)23-3)19-16(21)13-8-7-9-14(11-13)18-12(2)20/h7-9,11,15H,4-6,10H2,1-3H3,(H,18,20)(H,19,21)/t15-/m0/s1. The first-order chi connectivity index (χ1) is 11.0. The molecule has 6 heteroatoms. The second-order valence-corrected chi connectivity index (χ2v) is 5.31. The van der Waals surface area contributed by atoms with Crippen LogP contribution < -0.4 is 10.6 Å². The van der Waals surface area contributed by atoms with Gasteiger partial charge in [-0.3, -0.25) is 9.59 Å². The van der Waals surface area contributed by atoms with E-state index in [1.807, 2.05) is 0 Å². The largest absolute Gasteiger partial charge is 0.467 e. The molecule has 0 saturated carbocycles. The van der Waals surface area contributed by atoms with Crippen LogP contribution in [0.5, 0.6) is 0 Å². The Bertz CT molecular complexity index is 557. The molecule has 0 saturated heterocycles. The zero-order valence-electron chi connectivity index (χ0n) is 13.8. The number of nitrogens with one attached hydrogen (secondary N) is 2. The number of rotatable bonds is 8. The lowest BCUT2D eigenvalue weighted by molar-refractivity contribution is -0.143. The lowest BCUT2D eigenvalue weighted by Gasteiger charge is -2.16. The van der Waals surface area contributed by atoms with E-state index in [-0.39, 0.29) is 11.8 Å². The molecule has 0 spiro atoms. The molecule has 6 nitrogen and oxygen atoms in total. The van der Waals surface area contributed by atoms with Gasteiger partial charge in [-0.05, 0) is 24.6 Å². The van der Waals surface area contributed by atoms with Gasteiger partial charge in [-0.2, -0.15) is 0 Å². The second-order valence-electron chi connectivity index (χ2n) is 5.31. The summed E-state index contributed by atoms with van der Waals surface area (Å²) in [6.45, 7) is 3.47. The first-order valence-corrected chi connectivity index (χ1v) is 7.74. The maximum Gasteiger partial charge on any atom is 0.328 e. The van der Waals surface area contributed by atoms with Crippen LogP contribution in [0.1, 0.15) is 49.9 Å². The van der Waals surface area contributed by atoms with Crippen LogP contribution in [0.2, 0.25) is 0 Å². The summed E-state index contributed by atoms with van der Waals surface area (Å²) in [5, 5.41) is 5.32. The van der Waals surface area contributed by atoms with Gasteiger partial charge >= 0.3 is 5.97 Å². The van der Waals surface area contributed by atoms with Gasteiger partial charge in [0.1, 0.15) is 6.04 Å². The van der Waals surface area contributed by atoms with Gasteiger partial charge in [0.05, 0.1) is 7.11 Å². The van der Waals surface area contributed by atoms with E-state index in [2.05, 4.69) is 17.6 Å². The lowest BCUT2D eigenvalue weighted by Crippen LogP contribution is -2.41. The van der Waals surface area contributed by atoms with Crippen LogP contribution >= 0.6 is 0 Å². The lowest BCUT2D eigenvalue weighted by atomic mass is 10.1. The van der Waals surface area contributed by atoms with E-state index >= 15 is 0 Å². The highest BCUT2D eigenvalue weighted by atomic mass is 16.5. The fraction of sp³-hybridized carbons (Fsp3) is 0.471. The van der Waals surface area contributed by atoms with Gasteiger partial charge in [0, 0.05) is 18.2 Å². The Labute approximate surface area is 136 Å². The summed E-state index contributed by atoms with van der Waals surface area (Å²) in [5.74, 6) is -1.04. The summed E-state index contributed by atoms with van der Waals surface area (Å²) in [6.07, 6.45) is 3.39. The van der Waals surface area contributed by atoms with E-state index in [1.54, 1.807) is 24.3 Å². The topological polar surface area (TPSA) is 84.5 Å². The van der Waals surface area contributed by atoms with Gasteiger partial charge in [0.15, 0.2) is 0 Å². The predicted octanol–water partition coefficient (Wildman–Crippen LogP) is 2.50. The van der Waals surface area contributed by atoms with Gasteiger partial charge in [-0.25, -0.2) is 4.79 Å². The maximum absolute atomic E-state index is 12.3. The number of methoxy groups -OCH3 is 1.